The molecular weight excluding hydrogens is 447 g/mol. The zero-order chi connectivity index (χ0) is 25.0. The maximum absolute atomic E-state index is 13.7. The molecule has 35 heavy (non-hydrogen) atoms. The number of rotatable bonds is 3. The fourth-order valence-electron chi connectivity index (χ4n) is 4.81. The molecule has 2 aliphatic heterocycles. The number of hydrogen-bond donors (Lipinski definition) is 1. The molecule has 2 amide bonds. The number of piperazine rings is 1. The molecule has 1 N–H and O–H groups in total. The topological polar surface area (TPSA) is 82.8 Å². The van der Waals surface area contributed by atoms with E-state index in [2.05, 4.69) is 15.2 Å². The highest BCUT2D eigenvalue weighted by molar-refractivity contribution is 6.00. The lowest BCUT2D eigenvalue weighted by molar-refractivity contribution is -0.129. The van der Waals surface area contributed by atoms with Gasteiger partial charge in [-0.05, 0) is 42.0 Å². The van der Waals surface area contributed by atoms with Crippen molar-refractivity contribution in [1.29, 1.82) is 0 Å². The van der Waals surface area contributed by atoms with Crippen molar-refractivity contribution in [2.75, 3.05) is 36.4 Å². The summed E-state index contributed by atoms with van der Waals surface area (Å²) in [4.78, 5) is 37.1. The number of hydrogen-bond acceptors (Lipinski definition) is 5. The average Bonchev–Trinajstić information content (AvgIpc) is 3.45. The fraction of sp³-hybridized carbons (Fsp3) is 0.231. The van der Waals surface area contributed by atoms with E-state index in [1.165, 1.54) is 18.3 Å². The number of aromatic nitrogens is 3. The van der Waals surface area contributed by atoms with Crippen LogP contribution in [0.5, 0.6) is 0 Å². The third-order valence-electron chi connectivity index (χ3n) is 6.60. The predicted molar refractivity (Wildman–Crippen MR) is 131 cm³/mol. The largest absolute Gasteiger partial charge is 0.350 e. The summed E-state index contributed by atoms with van der Waals surface area (Å²) < 4.78 is 24.2. The van der Waals surface area contributed by atoms with Crippen LogP contribution < -0.4 is 10.2 Å². The summed E-state index contributed by atoms with van der Waals surface area (Å²) in [6.07, 6.45) is 1.94. The Balaban J connectivity index is 1.54. The Labute approximate surface area is 202 Å². The van der Waals surface area contributed by atoms with Gasteiger partial charge in [0.2, 0.25) is 11.8 Å². The molecule has 8 nitrogen and oxygen atoms in total. The van der Waals surface area contributed by atoms with Crippen LogP contribution in [0.2, 0.25) is 0 Å². The second-order valence-electron chi connectivity index (χ2n) is 8.78. The zero-order valence-electron chi connectivity index (χ0n) is 20.1. The number of benzene rings is 2. The third-order valence-corrected chi connectivity index (χ3v) is 6.60. The first-order chi connectivity index (χ1) is 17.4. The Bertz CT molecular complexity index is 1530. The van der Waals surface area contributed by atoms with Crippen molar-refractivity contribution in [3.8, 4) is 22.5 Å². The number of amides is 2. The van der Waals surface area contributed by atoms with Gasteiger partial charge in [-0.15, -0.1) is 0 Å². The molecule has 0 bridgehead atoms. The Morgan fingerprint density at radius 3 is 2.57 bits per heavy atom. The summed E-state index contributed by atoms with van der Waals surface area (Å²) in [7, 11) is 0. The molecule has 6 rings (SSSR count). The molecule has 0 saturated carbocycles. The molecule has 0 radical (unpaired) electrons. The van der Waals surface area contributed by atoms with E-state index in [1.807, 2.05) is 18.2 Å². The van der Waals surface area contributed by atoms with Crippen LogP contribution >= 0.6 is 0 Å². The smallest absolute Gasteiger partial charge is 0.228 e. The van der Waals surface area contributed by atoms with Gasteiger partial charge >= 0.3 is 0 Å². The summed E-state index contributed by atoms with van der Waals surface area (Å²) in [5.74, 6) is 0.261. The molecular formula is C26H23FN6O2. The molecule has 2 aliphatic rings. The van der Waals surface area contributed by atoms with Gasteiger partial charge in [0.25, 0.3) is 0 Å². The van der Waals surface area contributed by atoms with Crippen molar-refractivity contribution < 1.29 is 15.4 Å². The number of imidazole rings is 1. The van der Waals surface area contributed by atoms with E-state index in [-0.39, 0.29) is 30.2 Å². The minimum Gasteiger partial charge on any atom is -0.350 e. The van der Waals surface area contributed by atoms with Gasteiger partial charge in [0.15, 0.2) is 11.5 Å². The molecule has 4 heterocycles. The van der Waals surface area contributed by atoms with Crippen LogP contribution in [0, 0.1) is 5.82 Å². The lowest BCUT2D eigenvalue weighted by atomic mass is 10.0. The van der Waals surface area contributed by atoms with E-state index >= 15 is 0 Å². The minimum atomic E-state index is -0.349. The SMILES string of the molecule is [3H]c1cnc(N2CCN(C(C)=O)CC2)c2nc(-c3ccc(F)cc3)c(-c3ccc4c(c3)CC(=O)N4)n12. The van der Waals surface area contributed by atoms with E-state index in [1.54, 1.807) is 28.4 Å². The lowest BCUT2D eigenvalue weighted by Crippen LogP contribution is -2.48. The van der Waals surface area contributed by atoms with Gasteiger partial charge in [-0.3, -0.25) is 14.0 Å². The summed E-state index contributed by atoms with van der Waals surface area (Å²) in [6.45, 7) is 3.92. The van der Waals surface area contributed by atoms with Crippen molar-refractivity contribution in [3.63, 3.8) is 0 Å². The van der Waals surface area contributed by atoms with Gasteiger partial charge in [0, 0.05) is 62.3 Å². The Kier molecular flexibility index (Phi) is 4.71. The third kappa shape index (κ3) is 3.69. The van der Waals surface area contributed by atoms with Crippen molar-refractivity contribution in [2.45, 2.75) is 13.3 Å². The fourth-order valence-corrected chi connectivity index (χ4v) is 4.81. The first-order valence-electron chi connectivity index (χ1n) is 12.0. The van der Waals surface area contributed by atoms with Gasteiger partial charge in [-0.2, -0.15) is 0 Å². The van der Waals surface area contributed by atoms with Gasteiger partial charge in [0.1, 0.15) is 5.82 Å². The van der Waals surface area contributed by atoms with Crippen LogP contribution in [0.4, 0.5) is 15.9 Å². The highest BCUT2D eigenvalue weighted by atomic mass is 19.1. The van der Waals surface area contributed by atoms with Crippen molar-refractivity contribution in [2.24, 2.45) is 0 Å². The normalized spacial score (nSPS) is 15.8. The summed E-state index contributed by atoms with van der Waals surface area (Å²) in [6, 6.07) is 11.8. The monoisotopic (exact) mass is 472 g/mol. The highest BCUT2D eigenvalue weighted by Gasteiger charge is 2.26. The first kappa shape index (κ1) is 20.1. The molecule has 0 atom stereocenters. The maximum atomic E-state index is 13.7. The first-order valence-corrected chi connectivity index (χ1v) is 11.5. The van der Waals surface area contributed by atoms with Crippen LogP contribution in [-0.4, -0.2) is 57.3 Å². The van der Waals surface area contributed by atoms with Crippen LogP contribution in [0.15, 0.2) is 54.8 Å². The number of carbonyl (C=O) groups excluding carboxylic acids is 2. The van der Waals surface area contributed by atoms with Crippen LogP contribution in [0.25, 0.3) is 28.2 Å². The molecule has 176 valence electrons. The quantitative estimate of drug-likeness (QED) is 0.495. The van der Waals surface area contributed by atoms with Crippen molar-refractivity contribution >= 4 is 29.0 Å². The lowest BCUT2D eigenvalue weighted by Gasteiger charge is -2.34. The molecule has 1 saturated heterocycles. The molecule has 1 fully saturated rings. The standard InChI is InChI=1S/C26H23FN6O2/c1-16(34)31-10-12-32(13-11-31)25-26-30-23(17-2-5-20(27)6-3-17)24(33(26)9-8-28-25)18-4-7-21-19(14-18)15-22(35)29-21/h2-9,14H,10-13,15H2,1H3,(H,29,35)/i9T. The van der Waals surface area contributed by atoms with E-state index in [4.69, 9.17) is 6.35 Å². The number of carbonyl (C=O) groups is 2. The van der Waals surface area contributed by atoms with E-state index < -0.39 is 0 Å². The number of nitrogens with one attached hydrogen (secondary N) is 1. The highest BCUT2D eigenvalue weighted by Crippen LogP contribution is 2.37. The number of fused-ring (bicyclic) bond motifs is 2. The van der Waals surface area contributed by atoms with E-state index in [0.717, 1.165) is 16.8 Å². The number of nitrogens with zero attached hydrogens (tertiary/aromatic N) is 5. The molecule has 9 heteroatoms. The predicted octanol–water partition coefficient (Wildman–Crippen LogP) is 3.37. The summed E-state index contributed by atoms with van der Waals surface area (Å²) >= 11 is 0. The molecule has 4 aromatic rings. The molecule has 0 aliphatic carbocycles. The Hall–Kier alpha value is -4.27. The number of halogens is 1. The maximum Gasteiger partial charge on any atom is 0.228 e. The van der Waals surface area contributed by atoms with Crippen LogP contribution in [0.3, 0.4) is 0 Å². The Morgan fingerprint density at radius 2 is 1.83 bits per heavy atom. The second kappa shape index (κ2) is 8.19. The molecule has 2 aromatic heterocycles. The van der Waals surface area contributed by atoms with E-state index in [9.17, 15) is 14.0 Å². The molecule has 0 spiro atoms. The average molecular weight is 473 g/mol. The van der Waals surface area contributed by atoms with Crippen LogP contribution in [0.1, 0.15) is 13.9 Å². The number of anilines is 2. The molecule has 2 aromatic carbocycles. The van der Waals surface area contributed by atoms with Crippen molar-refractivity contribution in [1.82, 2.24) is 19.3 Å². The zero-order valence-corrected chi connectivity index (χ0v) is 19.1. The van der Waals surface area contributed by atoms with Gasteiger partial charge < -0.3 is 15.1 Å². The molecule has 0 unspecified atom stereocenters. The minimum absolute atomic E-state index is 0.0422. The van der Waals surface area contributed by atoms with Gasteiger partial charge in [-0.1, -0.05) is 6.07 Å². The Morgan fingerprint density at radius 1 is 1.09 bits per heavy atom. The van der Waals surface area contributed by atoms with Gasteiger partial charge in [0.05, 0.1) is 19.2 Å². The van der Waals surface area contributed by atoms with Crippen LogP contribution in [-0.2, 0) is 16.0 Å². The van der Waals surface area contributed by atoms with Crippen molar-refractivity contribution in [3.05, 3.63) is 66.2 Å². The summed E-state index contributed by atoms with van der Waals surface area (Å²) in [5.41, 5.74) is 4.94. The summed E-state index contributed by atoms with van der Waals surface area (Å²) in [5, 5.41) is 2.85. The van der Waals surface area contributed by atoms with Gasteiger partial charge in [-0.25, -0.2) is 14.4 Å². The van der Waals surface area contributed by atoms with E-state index in [0.29, 0.717) is 54.6 Å². The second-order valence-corrected chi connectivity index (χ2v) is 8.78.